The Morgan fingerprint density at radius 3 is 1.98 bits per heavy atom. The van der Waals surface area contributed by atoms with Crippen molar-refractivity contribution in [2.75, 3.05) is 31.1 Å². The van der Waals surface area contributed by atoms with Gasteiger partial charge >= 0.3 is 0 Å². The minimum absolute atomic E-state index is 0.0879. The maximum atomic E-state index is 13.8. The van der Waals surface area contributed by atoms with Crippen LogP contribution in [0, 0.1) is 18.6 Å². The molecule has 0 radical (unpaired) electrons. The quantitative estimate of drug-likeness (QED) is 0.182. The van der Waals surface area contributed by atoms with Crippen LogP contribution in [0.4, 0.5) is 14.5 Å². The first-order valence-corrected chi connectivity index (χ1v) is 16.3. The average molecular weight is 674 g/mol. The lowest BCUT2D eigenvalue weighted by atomic mass is 9.96. The van der Waals surface area contributed by atoms with Gasteiger partial charge in [-0.25, -0.2) is 13.8 Å². The molecule has 228 valence electrons. The van der Waals surface area contributed by atoms with Crippen molar-refractivity contribution in [2.45, 2.75) is 13.0 Å². The number of aromatic nitrogens is 2. The number of anilines is 1. The molecule has 0 amide bonds. The van der Waals surface area contributed by atoms with Gasteiger partial charge in [0.1, 0.15) is 11.6 Å². The Hall–Kier alpha value is -4.59. The molecule has 0 aliphatic carbocycles. The van der Waals surface area contributed by atoms with Gasteiger partial charge in [0.05, 0.1) is 33.8 Å². The number of para-hydroxylation sites is 1. The second kappa shape index (κ2) is 11.6. The molecule has 46 heavy (non-hydrogen) atoms. The van der Waals surface area contributed by atoms with Crippen molar-refractivity contribution in [1.82, 2.24) is 14.3 Å². The molecule has 1 fully saturated rings. The van der Waals surface area contributed by atoms with Crippen LogP contribution in [0.3, 0.4) is 0 Å². The lowest BCUT2D eigenvalue weighted by Crippen LogP contribution is -2.48. The van der Waals surface area contributed by atoms with E-state index in [4.69, 9.17) is 4.98 Å². The predicted octanol–water partition coefficient (Wildman–Crippen LogP) is 9.57. The largest absolute Gasteiger partial charge is 0.369 e. The van der Waals surface area contributed by atoms with Crippen LogP contribution in [-0.4, -0.2) is 40.5 Å². The molecular weight excluding hydrogens is 642 g/mol. The molecule has 5 aromatic carbocycles. The van der Waals surface area contributed by atoms with Gasteiger partial charge < -0.3 is 9.30 Å². The van der Waals surface area contributed by atoms with E-state index in [0.29, 0.717) is 0 Å². The highest BCUT2D eigenvalue weighted by atomic mass is 79.9. The van der Waals surface area contributed by atoms with Gasteiger partial charge in [-0.15, -0.1) is 0 Å². The van der Waals surface area contributed by atoms with E-state index in [1.807, 2.05) is 24.3 Å². The molecule has 1 aliphatic rings. The van der Waals surface area contributed by atoms with Crippen LogP contribution in [0.25, 0.3) is 38.7 Å². The summed E-state index contributed by atoms with van der Waals surface area (Å²) >= 11 is 3.58. The van der Waals surface area contributed by atoms with Crippen LogP contribution >= 0.6 is 15.9 Å². The van der Waals surface area contributed by atoms with Crippen molar-refractivity contribution in [2.24, 2.45) is 0 Å². The molecule has 0 saturated carbocycles. The number of nitrogens with zero attached hydrogens (tertiary/aromatic N) is 4. The molecule has 4 nitrogen and oxygen atoms in total. The van der Waals surface area contributed by atoms with Gasteiger partial charge in [-0.05, 0) is 84.3 Å². The zero-order valence-corrected chi connectivity index (χ0v) is 26.9. The number of rotatable bonds is 5. The highest BCUT2D eigenvalue weighted by Crippen LogP contribution is 2.37. The van der Waals surface area contributed by atoms with E-state index in [1.165, 1.54) is 40.7 Å². The normalized spacial score (nSPS) is 14.2. The number of hydrogen-bond donors (Lipinski definition) is 0. The maximum Gasteiger partial charge on any atom is 0.123 e. The Morgan fingerprint density at radius 2 is 1.33 bits per heavy atom. The molecule has 0 unspecified atom stereocenters. The standard InChI is InChI=1S/C39H31BrF2N4/c1-25-33-4-2-3-5-35(33)46-36-24-32(18-19-34(36)43-37(38(25)46)26-6-12-29(40)13-7-26)44-20-22-45(23-21-44)39(27-8-14-30(41)15-9-27)28-10-16-31(42)17-11-28/h2-19,24,39H,20-23H2,1H3. The molecule has 0 spiro atoms. The molecule has 3 heterocycles. The van der Waals surface area contributed by atoms with Crippen LogP contribution < -0.4 is 4.90 Å². The van der Waals surface area contributed by atoms with Gasteiger partial charge in [0.15, 0.2) is 0 Å². The Balaban J connectivity index is 1.17. The summed E-state index contributed by atoms with van der Waals surface area (Å²) < 4.78 is 31.1. The summed E-state index contributed by atoms with van der Waals surface area (Å²) in [7, 11) is 0. The lowest BCUT2D eigenvalue weighted by molar-refractivity contribution is 0.212. The number of piperazine rings is 1. The molecule has 2 aromatic heterocycles. The fourth-order valence-electron chi connectivity index (χ4n) is 7.04. The number of aryl methyl sites for hydroxylation is 1. The van der Waals surface area contributed by atoms with Crippen LogP contribution in [0.5, 0.6) is 0 Å². The molecule has 7 heteroatoms. The summed E-state index contributed by atoms with van der Waals surface area (Å²) in [4.78, 5) is 10.1. The summed E-state index contributed by atoms with van der Waals surface area (Å²) in [5, 5.41) is 1.22. The van der Waals surface area contributed by atoms with E-state index in [2.05, 4.69) is 104 Å². The van der Waals surface area contributed by atoms with Crippen LogP contribution in [-0.2, 0) is 0 Å². The van der Waals surface area contributed by atoms with E-state index in [-0.39, 0.29) is 17.7 Å². The fourth-order valence-corrected chi connectivity index (χ4v) is 7.31. The third-order valence-corrected chi connectivity index (χ3v) is 9.85. The number of hydrogen-bond acceptors (Lipinski definition) is 3. The van der Waals surface area contributed by atoms with Gasteiger partial charge in [-0.2, -0.15) is 0 Å². The van der Waals surface area contributed by atoms with Crippen LogP contribution in [0.1, 0.15) is 22.7 Å². The molecule has 8 rings (SSSR count). The third-order valence-electron chi connectivity index (χ3n) is 9.32. The molecule has 0 atom stereocenters. The summed E-state index contributed by atoms with van der Waals surface area (Å²) in [6, 6.07) is 36.8. The van der Waals surface area contributed by atoms with Crippen molar-refractivity contribution in [3.05, 3.63) is 148 Å². The first kappa shape index (κ1) is 28.9. The van der Waals surface area contributed by atoms with Crippen LogP contribution in [0.15, 0.2) is 120 Å². The smallest absolute Gasteiger partial charge is 0.123 e. The summed E-state index contributed by atoms with van der Waals surface area (Å²) in [6.45, 7) is 5.44. The molecule has 7 aromatic rings. The second-order valence-corrected chi connectivity index (χ2v) is 12.9. The Labute approximate surface area is 274 Å². The van der Waals surface area contributed by atoms with Gasteiger partial charge in [-0.1, -0.05) is 70.5 Å². The first-order valence-electron chi connectivity index (χ1n) is 15.5. The minimum Gasteiger partial charge on any atom is -0.369 e. The first-order chi connectivity index (χ1) is 22.4. The SMILES string of the molecule is Cc1c2ccccc2n2c1c(-c1ccc(Br)cc1)nc1ccc(N3CCN(C(c4ccc(F)cc4)c4ccc(F)cc4)CC3)cc12. The lowest BCUT2D eigenvalue weighted by Gasteiger charge is -2.40. The van der Waals surface area contributed by atoms with Crippen molar-refractivity contribution in [3.63, 3.8) is 0 Å². The molecule has 1 saturated heterocycles. The second-order valence-electron chi connectivity index (χ2n) is 12.0. The van der Waals surface area contributed by atoms with Crippen molar-refractivity contribution in [1.29, 1.82) is 0 Å². The Kier molecular flexibility index (Phi) is 7.31. The maximum absolute atomic E-state index is 13.8. The Bertz CT molecular complexity index is 2160. The molecule has 0 N–H and O–H groups in total. The van der Waals surface area contributed by atoms with E-state index < -0.39 is 0 Å². The van der Waals surface area contributed by atoms with E-state index >= 15 is 0 Å². The van der Waals surface area contributed by atoms with Crippen molar-refractivity contribution in [3.8, 4) is 11.3 Å². The van der Waals surface area contributed by atoms with Gasteiger partial charge in [-0.3, -0.25) is 4.90 Å². The predicted molar refractivity (Wildman–Crippen MR) is 187 cm³/mol. The zero-order valence-electron chi connectivity index (χ0n) is 25.3. The number of fused-ring (bicyclic) bond motifs is 5. The highest BCUT2D eigenvalue weighted by molar-refractivity contribution is 9.10. The number of benzene rings is 5. The number of halogens is 3. The topological polar surface area (TPSA) is 23.8 Å². The van der Waals surface area contributed by atoms with Gasteiger partial charge in [0, 0.05) is 47.3 Å². The minimum atomic E-state index is -0.263. The summed E-state index contributed by atoms with van der Waals surface area (Å²) in [6.07, 6.45) is 0. The zero-order chi connectivity index (χ0) is 31.4. The Morgan fingerprint density at radius 1 is 0.696 bits per heavy atom. The molecular formula is C39H31BrF2N4. The highest BCUT2D eigenvalue weighted by Gasteiger charge is 2.27. The summed E-state index contributed by atoms with van der Waals surface area (Å²) in [5.41, 5.74) is 10.7. The fraction of sp³-hybridized carbons (Fsp3) is 0.154. The van der Waals surface area contributed by atoms with Gasteiger partial charge in [0.2, 0.25) is 0 Å². The molecule has 0 bridgehead atoms. The monoisotopic (exact) mass is 672 g/mol. The summed E-state index contributed by atoms with van der Waals surface area (Å²) in [5.74, 6) is -0.526. The van der Waals surface area contributed by atoms with E-state index in [1.54, 1.807) is 0 Å². The van der Waals surface area contributed by atoms with Crippen LogP contribution in [0.2, 0.25) is 0 Å². The van der Waals surface area contributed by atoms with Crippen molar-refractivity contribution >= 4 is 49.1 Å². The van der Waals surface area contributed by atoms with E-state index in [9.17, 15) is 8.78 Å². The molecule has 1 aliphatic heterocycles. The van der Waals surface area contributed by atoms with E-state index in [0.717, 1.165) is 75.3 Å². The van der Waals surface area contributed by atoms with Gasteiger partial charge in [0.25, 0.3) is 0 Å². The van der Waals surface area contributed by atoms with Crippen molar-refractivity contribution < 1.29 is 8.78 Å². The third kappa shape index (κ3) is 5.04. The average Bonchev–Trinajstić information content (AvgIpc) is 3.39.